The van der Waals surface area contributed by atoms with Gasteiger partial charge in [0.1, 0.15) is 0 Å². The van der Waals surface area contributed by atoms with Crippen LogP contribution in [0, 0.1) is 0 Å². The Morgan fingerprint density at radius 1 is 1.45 bits per heavy atom. The molecule has 2 aromatic rings. The van der Waals surface area contributed by atoms with Crippen molar-refractivity contribution < 1.29 is 0 Å². The Balaban J connectivity index is 2.19. The van der Waals surface area contributed by atoms with Crippen LogP contribution in [0.15, 0.2) is 22.0 Å². The van der Waals surface area contributed by atoms with Crippen LogP contribution in [0.4, 0.5) is 0 Å². The average Bonchev–Trinajstić information content (AvgIpc) is 3.07. The van der Waals surface area contributed by atoms with E-state index in [2.05, 4.69) is 75.9 Å². The summed E-state index contributed by atoms with van der Waals surface area (Å²) >= 11 is 5.54. The molecule has 2 aromatic heterocycles. The fraction of sp³-hybridized carbons (Fsp3) is 0.533. The summed E-state index contributed by atoms with van der Waals surface area (Å²) < 4.78 is 3.28. The summed E-state index contributed by atoms with van der Waals surface area (Å²) in [6.07, 6.45) is 0.963. The molecule has 0 aliphatic heterocycles. The molecule has 2 heterocycles. The number of halogens is 1. The molecule has 1 unspecified atom stereocenters. The minimum atomic E-state index is 0.423. The van der Waals surface area contributed by atoms with Gasteiger partial charge in [0.15, 0.2) is 0 Å². The standard InChI is InChI=1S/C15H22BrN3S/c1-5-12-15(16)13(19(6-2)17-12)10-18(4)11(3)14-8-7-9-20-14/h7-9,11H,5-6,10H2,1-4H3. The van der Waals surface area contributed by atoms with Gasteiger partial charge in [0.2, 0.25) is 0 Å². The van der Waals surface area contributed by atoms with Crippen molar-refractivity contribution >= 4 is 27.3 Å². The first-order valence-electron chi connectivity index (χ1n) is 7.06. The van der Waals surface area contributed by atoms with Crippen LogP contribution < -0.4 is 0 Å². The predicted octanol–water partition coefficient (Wildman–Crippen LogP) is 4.48. The summed E-state index contributed by atoms with van der Waals surface area (Å²) in [6.45, 7) is 8.36. The van der Waals surface area contributed by atoms with E-state index in [1.54, 1.807) is 0 Å². The first-order valence-corrected chi connectivity index (χ1v) is 8.73. The van der Waals surface area contributed by atoms with Gasteiger partial charge in [-0.05, 0) is 54.7 Å². The molecule has 20 heavy (non-hydrogen) atoms. The van der Waals surface area contributed by atoms with Gasteiger partial charge in [-0.3, -0.25) is 9.58 Å². The number of hydrogen-bond donors (Lipinski definition) is 0. The SMILES string of the molecule is CCc1nn(CC)c(CN(C)C(C)c2cccs2)c1Br. The largest absolute Gasteiger partial charge is 0.293 e. The number of aryl methyl sites for hydroxylation is 2. The van der Waals surface area contributed by atoms with Gasteiger partial charge in [-0.2, -0.15) is 5.10 Å². The van der Waals surface area contributed by atoms with Crippen LogP contribution >= 0.6 is 27.3 Å². The fourth-order valence-electron chi connectivity index (χ4n) is 2.29. The Morgan fingerprint density at radius 2 is 2.20 bits per heavy atom. The Labute approximate surface area is 133 Å². The third kappa shape index (κ3) is 3.15. The van der Waals surface area contributed by atoms with Crippen molar-refractivity contribution in [3.8, 4) is 0 Å². The smallest absolute Gasteiger partial charge is 0.0767 e. The lowest BCUT2D eigenvalue weighted by Crippen LogP contribution is -2.23. The van der Waals surface area contributed by atoms with Crippen LogP contribution in [-0.2, 0) is 19.5 Å². The maximum absolute atomic E-state index is 4.67. The molecular formula is C15H22BrN3S. The zero-order valence-electron chi connectivity index (χ0n) is 12.6. The normalized spacial score (nSPS) is 13.1. The van der Waals surface area contributed by atoms with E-state index in [4.69, 9.17) is 0 Å². The van der Waals surface area contributed by atoms with Crippen LogP contribution in [0.2, 0.25) is 0 Å². The highest BCUT2D eigenvalue weighted by Gasteiger charge is 2.19. The summed E-state index contributed by atoms with van der Waals surface area (Å²) in [5, 5.41) is 6.81. The van der Waals surface area contributed by atoms with Gasteiger partial charge in [0.25, 0.3) is 0 Å². The summed E-state index contributed by atoms with van der Waals surface area (Å²) in [5.74, 6) is 0. The van der Waals surface area contributed by atoms with Crippen molar-refractivity contribution in [2.45, 2.75) is 46.3 Å². The molecule has 0 aliphatic rings. The average molecular weight is 356 g/mol. The van der Waals surface area contributed by atoms with E-state index in [-0.39, 0.29) is 0 Å². The van der Waals surface area contributed by atoms with E-state index in [9.17, 15) is 0 Å². The van der Waals surface area contributed by atoms with Crippen LogP contribution in [0.25, 0.3) is 0 Å². The van der Waals surface area contributed by atoms with Crippen LogP contribution in [0.3, 0.4) is 0 Å². The molecular weight excluding hydrogens is 334 g/mol. The van der Waals surface area contributed by atoms with Gasteiger partial charge < -0.3 is 0 Å². The molecule has 0 N–H and O–H groups in total. The molecule has 0 saturated carbocycles. The fourth-order valence-corrected chi connectivity index (χ4v) is 3.83. The van der Waals surface area contributed by atoms with E-state index in [1.165, 1.54) is 15.0 Å². The molecule has 0 spiro atoms. The van der Waals surface area contributed by atoms with E-state index < -0.39 is 0 Å². The summed E-state index contributed by atoms with van der Waals surface area (Å²) in [4.78, 5) is 3.78. The highest BCUT2D eigenvalue weighted by molar-refractivity contribution is 9.10. The molecule has 0 radical (unpaired) electrons. The van der Waals surface area contributed by atoms with Crippen LogP contribution in [-0.4, -0.2) is 21.7 Å². The monoisotopic (exact) mass is 355 g/mol. The second-order valence-electron chi connectivity index (χ2n) is 4.98. The molecule has 3 nitrogen and oxygen atoms in total. The Kier molecular flexibility index (Phi) is 5.41. The van der Waals surface area contributed by atoms with E-state index in [0.29, 0.717) is 6.04 Å². The van der Waals surface area contributed by atoms with E-state index in [0.717, 1.165) is 25.2 Å². The van der Waals surface area contributed by atoms with Crippen molar-refractivity contribution in [2.75, 3.05) is 7.05 Å². The zero-order chi connectivity index (χ0) is 14.7. The first kappa shape index (κ1) is 15.7. The van der Waals surface area contributed by atoms with Gasteiger partial charge in [-0.25, -0.2) is 0 Å². The second-order valence-corrected chi connectivity index (χ2v) is 6.76. The summed E-state index contributed by atoms with van der Waals surface area (Å²) in [6, 6.07) is 4.74. The third-order valence-corrected chi connectivity index (χ3v) is 5.67. The number of rotatable bonds is 6. The van der Waals surface area contributed by atoms with Gasteiger partial charge in [-0.1, -0.05) is 13.0 Å². The van der Waals surface area contributed by atoms with Crippen molar-refractivity contribution in [1.82, 2.24) is 14.7 Å². The van der Waals surface area contributed by atoms with Crippen molar-refractivity contribution in [3.63, 3.8) is 0 Å². The van der Waals surface area contributed by atoms with E-state index in [1.807, 2.05) is 11.3 Å². The second kappa shape index (κ2) is 6.87. The maximum Gasteiger partial charge on any atom is 0.0767 e. The third-order valence-electron chi connectivity index (χ3n) is 3.71. The summed E-state index contributed by atoms with van der Waals surface area (Å²) in [5.41, 5.74) is 2.43. The zero-order valence-corrected chi connectivity index (χ0v) is 15.0. The van der Waals surface area contributed by atoms with E-state index >= 15 is 0 Å². The lowest BCUT2D eigenvalue weighted by molar-refractivity contribution is 0.248. The lowest BCUT2D eigenvalue weighted by atomic mass is 10.2. The molecule has 2 rings (SSSR count). The van der Waals surface area contributed by atoms with Gasteiger partial charge in [0.05, 0.1) is 15.9 Å². The molecule has 1 atom stereocenters. The highest BCUT2D eigenvalue weighted by Crippen LogP contribution is 2.28. The topological polar surface area (TPSA) is 21.1 Å². The van der Waals surface area contributed by atoms with Gasteiger partial charge >= 0.3 is 0 Å². The van der Waals surface area contributed by atoms with Gasteiger partial charge in [-0.15, -0.1) is 11.3 Å². The van der Waals surface area contributed by atoms with Gasteiger partial charge in [0, 0.05) is 24.0 Å². The number of hydrogen-bond acceptors (Lipinski definition) is 3. The Hall–Kier alpha value is -0.650. The molecule has 0 aromatic carbocycles. The maximum atomic E-state index is 4.67. The van der Waals surface area contributed by atoms with Crippen molar-refractivity contribution in [2.24, 2.45) is 0 Å². The Morgan fingerprint density at radius 3 is 2.75 bits per heavy atom. The van der Waals surface area contributed by atoms with Crippen molar-refractivity contribution in [1.29, 1.82) is 0 Å². The highest BCUT2D eigenvalue weighted by atomic mass is 79.9. The first-order chi connectivity index (χ1) is 9.58. The molecule has 0 aliphatic carbocycles. The lowest BCUT2D eigenvalue weighted by Gasteiger charge is -2.24. The molecule has 0 bridgehead atoms. The molecule has 0 saturated heterocycles. The molecule has 0 fully saturated rings. The molecule has 0 amide bonds. The summed E-state index contributed by atoms with van der Waals surface area (Å²) in [7, 11) is 2.18. The minimum absolute atomic E-state index is 0.423. The number of aromatic nitrogens is 2. The number of thiophene rings is 1. The van der Waals surface area contributed by atoms with Crippen LogP contribution in [0.1, 0.15) is 43.1 Å². The molecule has 110 valence electrons. The molecule has 5 heteroatoms. The predicted molar refractivity (Wildman–Crippen MR) is 89.2 cm³/mol. The Bertz CT molecular complexity index is 548. The minimum Gasteiger partial charge on any atom is -0.293 e. The number of nitrogens with zero attached hydrogens (tertiary/aromatic N) is 3. The van der Waals surface area contributed by atoms with Crippen LogP contribution in [0.5, 0.6) is 0 Å². The quantitative estimate of drug-likeness (QED) is 0.761. The van der Waals surface area contributed by atoms with Crippen molar-refractivity contribution in [3.05, 3.63) is 38.3 Å².